The number of hydrogen-bond donors (Lipinski definition) is 2. The van der Waals surface area contributed by atoms with Gasteiger partial charge in [0.05, 0.1) is 29.3 Å². The number of ether oxygens (including phenoxy) is 2. The van der Waals surface area contributed by atoms with E-state index in [0.29, 0.717) is 69.0 Å². The molecular weight excluding hydrogens is 990 g/mol. The first kappa shape index (κ1) is 45.9. The van der Waals surface area contributed by atoms with Crippen molar-refractivity contribution in [1.29, 1.82) is 0 Å². The Bertz CT molecular complexity index is 2920. The lowest BCUT2D eigenvalue weighted by Gasteiger charge is -2.34. The van der Waals surface area contributed by atoms with Crippen molar-refractivity contribution in [2.24, 2.45) is 14.1 Å². The van der Waals surface area contributed by atoms with Gasteiger partial charge in [0.1, 0.15) is 23.3 Å². The van der Waals surface area contributed by atoms with E-state index in [4.69, 9.17) is 47.6 Å². The number of rotatable bonds is 15. The molecule has 8 rings (SSSR count). The Morgan fingerprint density at radius 3 is 1.85 bits per heavy atom. The number of aromatic nitrogens is 6. The zero-order valence-electron chi connectivity index (χ0n) is 36.2. The van der Waals surface area contributed by atoms with Crippen LogP contribution in [0.5, 0.6) is 11.5 Å². The molecule has 340 valence electrons. The summed E-state index contributed by atoms with van der Waals surface area (Å²) in [5, 5.41) is 8.44. The molecule has 6 heterocycles. The summed E-state index contributed by atoms with van der Waals surface area (Å²) < 4.78 is 16.5. The van der Waals surface area contributed by atoms with Crippen LogP contribution in [0.4, 0.5) is 34.9 Å². The van der Waals surface area contributed by atoms with Crippen molar-refractivity contribution in [1.82, 2.24) is 37.1 Å². The number of carbonyl (C=O) groups excluding carboxylic acids is 2. The number of aryl methyl sites for hydroxylation is 2. The first-order chi connectivity index (χ1) is 31.2. The lowest BCUT2D eigenvalue weighted by atomic mass is 10.1. The van der Waals surface area contributed by atoms with E-state index >= 15 is 0 Å². The predicted molar refractivity (Wildman–Crippen MR) is 262 cm³/mol. The van der Waals surface area contributed by atoms with Crippen molar-refractivity contribution in [3.63, 3.8) is 0 Å². The Balaban J connectivity index is 1.01. The fourth-order valence-corrected chi connectivity index (χ4v) is 8.45. The molecule has 2 fully saturated rings. The summed E-state index contributed by atoms with van der Waals surface area (Å²) in [6.07, 6.45) is 1.39. The van der Waals surface area contributed by atoms with Gasteiger partial charge in [-0.2, -0.15) is 9.97 Å². The van der Waals surface area contributed by atoms with E-state index in [1.165, 1.54) is 16.1 Å². The number of ketones is 2. The number of pyridine rings is 2. The van der Waals surface area contributed by atoms with Crippen molar-refractivity contribution < 1.29 is 19.1 Å². The summed E-state index contributed by atoms with van der Waals surface area (Å²) in [5.74, 6) is 1.18. The van der Waals surface area contributed by atoms with Crippen LogP contribution in [0.3, 0.4) is 0 Å². The number of Topliss-reactive ketones (excluding diaryl/α,β-unsaturated/α-hetero) is 2. The Labute approximate surface area is 397 Å². The molecule has 0 unspecified atom stereocenters. The van der Waals surface area contributed by atoms with Crippen LogP contribution in [0.1, 0.15) is 19.5 Å². The third kappa shape index (κ3) is 10.4. The normalized spacial score (nSPS) is 14.8. The van der Waals surface area contributed by atoms with Crippen LogP contribution in [0.15, 0.2) is 64.3 Å². The summed E-state index contributed by atoms with van der Waals surface area (Å²) in [4.78, 5) is 77.0. The van der Waals surface area contributed by atoms with Gasteiger partial charge in [0.25, 0.3) is 11.1 Å². The SMILES string of the molecule is CCN1CCN(c2ncc(Cl)c(Nc3ccc4c(c3)cc(OCC(=O)Cc3nc(N5CCN(I)CC5)nc(Nc5ccc6c(c5)cc(OCC(C)=O)c(=O)n6C)c3Cl)c(=O)n4C)n2)CC1. The molecule has 2 aliphatic heterocycles. The molecule has 0 spiro atoms. The van der Waals surface area contributed by atoms with Crippen LogP contribution in [-0.4, -0.2) is 121 Å². The lowest BCUT2D eigenvalue weighted by Crippen LogP contribution is -2.46. The average Bonchev–Trinajstić information content (AvgIpc) is 3.30. The van der Waals surface area contributed by atoms with Crippen LogP contribution < -0.4 is 41.0 Å². The van der Waals surface area contributed by atoms with Gasteiger partial charge in [-0.1, -0.05) is 30.1 Å². The summed E-state index contributed by atoms with van der Waals surface area (Å²) in [7, 11) is 3.27. The molecule has 21 heteroatoms. The van der Waals surface area contributed by atoms with Gasteiger partial charge < -0.3 is 43.9 Å². The maximum absolute atomic E-state index is 13.7. The van der Waals surface area contributed by atoms with Gasteiger partial charge in [-0.15, -0.1) is 0 Å². The topological polar surface area (TPSA) is 185 Å². The highest BCUT2D eigenvalue weighted by Crippen LogP contribution is 2.32. The van der Waals surface area contributed by atoms with E-state index in [1.807, 2.05) is 29.2 Å². The molecule has 2 aromatic carbocycles. The average molecular weight is 1040 g/mol. The van der Waals surface area contributed by atoms with Crippen molar-refractivity contribution in [3.05, 3.63) is 91.2 Å². The third-order valence-corrected chi connectivity index (χ3v) is 13.0. The first-order valence-electron chi connectivity index (χ1n) is 21.0. The second-order valence-electron chi connectivity index (χ2n) is 15.9. The van der Waals surface area contributed by atoms with Gasteiger partial charge in [-0.25, -0.2) is 13.1 Å². The molecule has 0 saturated carbocycles. The summed E-state index contributed by atoms with van der Waals surface area (Å²) >= 11 is 15.8. The van der Waals surface area contributed by atoms with E-state index in [2.05, 4.69) is 58.3 Å². The van der Waals surface area contributed by atoms with Crippen molar-refractivity contribution in [2.45, 2.75) is 20.3 Å². The fourth-order valence-electron chi connectivity index (χ4n) is 7.68. The van der Waals surface area contributed by atoms with Gasteiger partial charge in [0, 0.05) is 111 Å². The Hall–Kier alpha value is -5.61. The molecule has 6 aromatic rings. The number of nitrogens with zero attached hydrogens (tertiary/aromatic N) is 10. The molecule has 2 saturated heterocycles. The Kier molecular flexibility index (Phi) is 14.0. The van der Waals surface area contributed by atoms with Crippen molar-refractivity contribution >= 4 is 114 Å². The van der Waals surface area contributed by atoms with Crippen LogP contribution >= 0.6 is 46.1 Å². The predicted octanol–water partition coefficient (Wildman–Crippen LogP) is 5.54. The molecule has 0 amide bonds. The van der Waals surface area contributed by atoms with E-state index in [0.717, 1.165) is 45.8 Å². The summed E-state index contributed by atoms with van der Waals surface area (Å²) in [6.45, 7) is 10.2. The number of carbonyl (C=O) groups is 2. The first-order valence-corrected chi connectivity index (χ1v) is 22.8. The molecule has 0 aliphatic carbocycles. The highest BCUT2D eigenvalue weighted by atomic mass is 127. The standard InChI is InChI=1S/C44H47Cl2IN12O6/c1-5-56-10-12-57(13-11-56)43-48-23-32(45)39(52-43)49-29-6-8-34-27(18-29)21-37(42(63)55(34)4)65-25-31(61)22-33-38(46)40(53-44(51-33)58-14-16-59(47)17-15-58)50-30-7-9-35-28(19-30)20-36(41(62)54(35)3)64-24-26(2)60/h6-9,18-21,23H,5,10-17,22,24-25H2,1-4H3,(H,48,49,52)(H,50,51,53). The van der Waals surface area contributed by atoms with Gasteiger partial charge in [-0.05, 0) is 62.0 Å². The van der Waals surface area contributed by atoms with Crippen LogP contribution in [0.25, 0.3) is 21.8 Å². The highest BCUT2D eigenvalue weighted by Gasteiger charge is 2.24. The maximum Gasteiger partial charge on any atom is 0.293 e. The van der Waals surface area contributed by atoms with Gasteiger partial charge in [0.2, 0.25) is 11.9 Å². The second-order valence-corrected chi connectivity index (χ2v) is 18.0. The van der Waals surface area contributed by atoms with Crippen LogP contribution in [-0.2, 0) is 30.1 Å². The minimum absolute atomic E-state index is 0.00349. The minimum atomic E-state index is -0.423. The number of benzene rings is 2. The monoisotopic (exact) mass is 1040 g/mol. The van der Waals surface area contributed by atoms with Gasteiger partial charge in [-0.3, -0.25) is 19.2 Å². The zero-order chi connectivity index (χ0) is 45.9. The number of likely N-dealkylation sites (N-methyl/N-ethyl adjacent to an activating group) is 1. The summed E-state index contributed by atoms with van der Waals surface area (Å²) in [6, 6.07) is 14.1. The second kappa shape index (κ2) is 19.9. The van der Waals surface area contributed by atoms with Crippen LogP contribution in [0.2, 0.25) is 10.0 Å². The third-order valence-electron chi connectivity index (χ3n) is 11.3. The molecule has 18 nitrogen and oxygen atoms in total. The van der Waals surface area contributed by atoms with E-state index in [-0.39, 0.29) is 58.2 Å². The molecule has 65 heavy (non-hydrogen) atoms. The fraction of sp³-hybridized carbons (Fsp3) is 0.364. The number of halogens is 3. The van der Waals surface area contributed by atoms with Crippen LogP contribution in [0, 0.1) is 0 Å². The molecule has 4 aromatic heterocycles. The number of anilines is 6. The molecule has 2 N–H and O–H groups in total. The minimum Gasteiger partial charge on any atom is -0.480 e. The molecule has 0 atom stereocenters. The summed E-state index contributed by atoms with van der Waals surface area (Å²) in [5.41, 5.74) is 2.07. The molecular formula is C44H47Cl2IN12O6. The number of piperazine rings is 2. The van der Waals surface area contributed by atoms with Crippen molar-refractivity contribution in [2.75, 3.05) is 92.5 Å². The Morgan fingerprint density at radius 1 is 0.723 bits per heavy atom. The molecule has 0 radical (unpaired) electrons. The zero-order valence-corrected chi connectivity index (χ0v) is 39.9. The lowest BCUT2D eigenvalue weighted by molar-refractivity contribution is -0.120. The molecule has 2 aliphatic rings. The van der Waals surface area contributed by atoms with E-state index in [1.54, 1.807) is 44.6 Å². The van der Waals surface area contributed by atoms with Gasteiger partial charge >= 0.3 is 0 Å². The smallest absolute Gasteiger partial charge is 0.293 e. The Morgan fingerprint density at radius 2 is 1.26 bits per heavy atom. The van der Waals surface area contributed by atoms with E-state index in [9.17, 15) is 19.2 Å². The van der Waals surface area contributed by atoms with Gasteiger partial charge in [0.15, 0.2) is 34.7 Å². The van der Waals surface area contributed by atoms with E-state index < -0.39 is 12.2 Å². The maximum atomic E-state index is 13.7. The largest absolute Gasteiger partial charge is 0.480 e. The van der Waals surface area contributed by atoms with Crippen molar-refractivity contribution in [3.8, 4) is 11.5 Å². The quantitative estimate of drug-likeness (QED) is 0.0965. The number of fused-ring (bicyclic) bond motifs is 2. The molecule has 0 bridgehead atoms. The number of nitrogens with one attached hydrogen (secondary N) is 2. The highest BCUT2D eigenvalue weighted by molar-refractivity contribution is 14.1. The number of hydrogen-bond acceptors (Lipinski definition) is 16.